The van der Waals surface area contributed by atoms with E-state index in [0.29, 0.717) is 5.92 Å². The summed E-state index contributed by atoms with van der Waals surface area (Å²) in [5.41, 5.74) is 5.86. The molecule has 2 aliphatic rings. The Bertz CT molecular complexity index is 211. The summed E-state index contributed by atoms with van der Waals surface area (Å²) in [4.78, 5) is 4.42. The van der Waals surface area contributed by atoms with Crippen molar-refractivity contribution in [2.45, 2.75) is 37.7 Å². The lowest BCUT2D eigenvalue weighted by molar-refractivity contribution is -0.0629. The largest absolute Gasteiger partial charge is 0.387 e. The first-order chi connectivity index (χ1) is 6.26. The van der Waals surface area contributed by atoms with Crippen LogP contribution < -0.4 is 5.73 Å². The van der Waals surface area contributed by atoms with Crippen LogP contribution in [0.1, 0.15) is 32.1 Å². The van der Waals surface area contributed by atoms with Crippen LogP contribution in [-0.4, -0.2) is 25.1 Å². The number of rotatable bonds is 4. The molecule has 3 heteroatoms. The molecule has 13 heavy (non-hydrogen) atoms. The van der Waals surface area contributed by atoms with E-state index in [1.54, 1.807) is 7.11 Å². The Hall–Kier alpha value is -0.570. The van der Waals surface area contributed by atoms with Gasteiger partial charge in [0, 0.05) is 13.0 Å². The number of aliphatic imine (C=N–C) groups is 1. The van der Waals surface area contributed by atoms with Crippen molar-refractivity contribution in [1.29, 1.82) is 0 Å². The minimum absolute atomic E-state index is 0.0412. The van der Waals surface area contributed by atoms with Gasteiger partial charge in [0.05, 0.1) is 18.0 Å². The van der Waals surface area contributed by atoms with Gasteiger partial charge in [-0.05, 0) is 32.1 Å². The SMILES string of the molecule is COC1(CN=C(N)C2CC2)CCC1. The van der Waals surface area contributed by atoms with Crippen LogP contribution in [0.3, 0.4) is 0 Å². The highest BCUT2D eigenvalue weighted by atomic mass is 16.5. The molecule has 74 valence electrons. The van der Waals surface area contributed by atoms with Gasteiger partial charge < -0.3 is 10.5 Å². The maximum Gasteiger partial charge on any atom is 0.0969 e. The average Bonchev–Trinajstić information content (AvgIpc) is 2.85. The van der Waals surface area contributed by atoms with Gasteiger partial charge in [-0.3, -0.25) is 4.99 Å². The first-order valence-electron chi connectivity index (χ1n) is 5.11. The lowest BCUT2D eigenvalue weighted by atomic mass is 9.80. The fraction of sp³-hybridized carbons (Fsp3) is 0.900. The van der Waals surface area contributed by atoms with Crippen molar-refractivity contribution in [3.05, 3.63) is 0 Å². The zero-order chi connectivity index (χ0) is 9.31. The third kappa shape index (κ3) is 1.85. The van der Waals surface area contributed by atoms with Gasteiger partial charge in [-0.25, -0.2) is 0 Å². The molecule has 0 spiro atoms. The highest BCUT2D eigenvalue weighted by molar-refractivity contribution is 5.84. The summed E-state index contributed by atoms with van der Waals surface area (Å²) >= 11 is 0. The summed E-state index contributed by atoms with van der Waals surface area (Å²) in [5, 5.41) is 0. The normalized spacial score (nSPS) is 27.0. The van der Waals surface area contributed by atoms with Crippen LogP contribution >= 0.6 is 0 Å². The van der Waals surface area contributed by atoms with Crippen LogP contribution in [0.15, 0.2) is 4.99 Å². The second kappa shape index (κ2) is 3.29. The second-order valence-corrected chi connectivity index (χ2v) is 4.26. The van der Waals surface area contributed by atoms with E-state index in [4.69, 9.17) is 10.5 Å². The first-order valence-corrected chi connectivity index (χ1v) is 5.11. The topological polar surface area (TPSA) is 47.6 Å². The minimum Gasteiger partial charge on any atom is -0.387 e. The molecule has 0 aliphatic heterocycles. The molecule has 0 radical (unpaired) electrons. The molecular weight excluding hydrogens is 164 g/mol. The van der Waals surface area contributed by atoms with E-state index in [2.05, 4.69) is 4.99 Å². The summed E-state index contributed by atoms with van der Waals surface area (Å²) < 4.78 is 5.46. The fourth-order valence-corrected chi connectivity index (χ4v) is 1.74. The fourth-order valence-electron chi connectivity index (χ4n) is 1.74. The first kappa shape index (κ1) is 9.00. The van der Waals surface area contributed by atoms with E-state index < -0.39 is 0 Å². The van der Waals surface area contributed by atoms with Crippen molar-refractivity contribution in [3.8, 4) is 0 Å². The number of hydrogen-bond donors (Lipinski definition) is 1. The lowest BCUT2D eigenvalue weighted by Gasteiger charge is -2.39. The number of hydrogen-bond acceptors (Lipinski definition) is 2. The van der Waals surface area contributed by atoms with Gasteiger partial charge in [0.1, 0.15) is 0 Å². The molecule has 2 aliphatic carbocycles. The second-order valence-electron chi connectivity index (χ2n) is 4.26. The van der Waals surface area contributed by atoms with Gasteiger partial charge >= 0.3 is 0 Å². The number of nitrogens with two attached hydrogens (primary N) is 1. The van der Waals surface area contributed by atoms with Crippen molar-refractivity contribution < 1.29 is 4.74 Å². The predicted molar refractivity (Wildman–Crippen MR) is 52.8 cm³/mol. The predicted octanol–water partition coefficient (Wildman–Crippen LogP) is 1.32. The molecule has 0 aromatic carbocycles. The maximum absolute atomic E-state index is 5.81. The molecule has 0 aromatic rings. The molecule has 0 heterocycles. The maximum atomic E-state index is 5.81. The monoisotopic (exact) mass is 182 g/mol. The summed E-state index contributed by atoms with van der Waals surface area (Å²) in [6, 6.07) is 0. The zero-order valence-electron chi connectivity index (χ0n) is 8.25. The molecular formula is C10H18N2O. The Balaban J connectivity index is 1.85. The average molecular weight is 182 g/mol. The van der Waals surface area contributed by atoms with Crippen LogP contribution in [0.25, 0.3) is 0 Å². The zero-order valence-corrected chi connectivity index (χ0v) is 8.25. The number of nitrogens with zero attached hydrogens (tertiary/aromatic N) is 1. The van der Waals surface area contributed by atoms with E-state index in [9.17, 15) is 0 Å². The van der Waals surface area contributed by atoms with E-state index in [-0.39, 0.29) is 5.60 Å². The van der Waals surface area contributed by atoms with Gasteiger partial charge in [-0.1, -0.05) is 0 Å². The van der Waals surface area contributed by atoms with Gasteiger partial charge in [0.2, 0.25) is 0 Å². The Morgan fingerprint density at radius 1 is 1.54 bits per heavy atom. The molecule has 2 rings (SSSR count). The summed E-state index contributed by atoms with van der Waals surface area (Å²) in [7, 11) is 1.78. The Morgan fingerprint density at radius 2 is 2.23 bits per heavy atom. The Morgan fingerprint density at radius 3 is 2.62 bits per heavy atom. The standard InChI is InChI=1S/C10H18N2O/c1-13-10(5-2-6-10)7-12-9(11)8-3-4-8/h8H,2-7H2,1H3,(H2,11,12). The quantitative estimate of drug-likeness (QED) is 0.526. The molecule has 3 nitrogen and oxygen atoms in total. The third-order valence-electron chi connectivity index (χ3n) is 3.24. The molecule has 2 fully saturated rings. The minimum atomic E-state index is 0.0412. The van der Waals surface area contributed by atoms with E-state index in [0.717, 1.165) is 25.2 Å². The van der Waals surface area contributed by atoms with Crippen LogP contribution in [0.4, 0.5) is 0 Å². The lowest BCUT2D eigenvalue weighted by Crippen LogP contribution is -2.42. The highest BCUT2D eigenvalue weighted by Crippen LogP contribution is 2.36. The molecule has 2 saturated carbocycles. The van der Waals surface area contributed by atoms with Crippen molar-refractivity contribution in [3.63, 3.8) is 0 Å². The van der Waals surface area contributed by atoms with Crippen molar-refractivity contribution in [2.75, 3.05) is 13.7 Å². The van der Waals surface area contributed by atoms with E-state index in [1.807, 2.05) is 0 Å². The van der Waals surface area contributed by atoms with Crippen molar-refractivity contribution in [2.24, 2.45) is 16.6 Å². The smallest absolute Gasteiger partial charge is 0.0969 e. The summed E-state index contributed by atoms with van der Waals surface area (Å²) in [5.74, 6) is 1.44. The number of ether oxygens (including phenoxy) is 1. The number of amidine groups is 1. The number of methoxy groups -OCH3 is 1. The van der Waals surface area contributed by atoms with Gasteiger partial charge in [0.15, 0.2) is 0 Å². The Labute approximate surface area is 79.4 Å². The van der Waals surface area contributed by atoms with Crippen LogP contribution in [-0.2, 0) is 4.74 Å². The molecule has 2 N–H and O–H groups in total. The van der Waals surface area contributed by atoms with E-state index in [1.165, 1.54) is 19.3 Å². The van der Waals surface area contributed by atoms with E-state index >= 15 is 0 Å². The van der Waals surface area contributed by atoms with Crippen LogP contribution in [0.2, 0.25) is 0 Å². The molecule has 0 saturated heterocycles. The van der Waals surface area contributed by atoms with Crippen LogP contribution in [0.5, 0.6) is 0 Å². The van der Waals surface area contributed by atoms with Crippen molar-refractivity contribution in [1.82, 2.24) is 0 Å². The highest BCUT2D eigenvalue weighted by Gasteiger charge is 2.37. The molecule has 0 amide bonds. The molecule has 0 aromatic heterocycles. The molecule has 0 bridgehead atoms. The molecule has 0 unspecified atom stereocenters. The van der Waals surface area contributed by atoms with Gasteiger partial charge in [0.25, 0.3) is 0 Å². The molecule has 0 atom stereocenters. The Kier molecular flexibility index (Phi) is 2.28. The van der Waals surface area contributed by atoms with Gasteiger partial charge in [-0.2, -0.15) is 0 Å². The summed E-state index contributed by atoms with van der Waals surface area (Å²) in [6.07, 6.45) is 6.02. The van der Waals surface area contributed by atoms with Gasteiger partial charge in [-0.15, -0.1) is 0 Å². The van der Waals surface area contributed by atoms with Crippen molar-refractivity contribution >= 4 is 5.84 Å². The third-order valence-corrected chi connectivity index (χ3v) is 3.24. The summed E-state index contributed by atoms with van der Waals surface area (Å²) in [6.45, 7) is 0.770. The van der Waals surface area contributed by atoms with Crippen LogP contribution in [0, 0.1) is 5.92 Å².